The van der Waals surface area contributed by atoms with Crippen LogP contribution in [0, 0.1) is 0 Å². The maximum absolute atomic E-state index is 12.1. The lowest BCUT2D eigenvalue weighted by atomic mass is 10.1. The standard InChI is InChI=1S/C26H27N3O4/c1-26(2,3)33-25(30)29(4)16-18-7-9-19(10-8-18)17-31-21-11-12-23-22(14-21)28-24(32-23)20-6-5-13-27-15-20/h5-15H,16-17H2,1-4H3. The van der Waals surface area contributed by atoms with E-state index in [1.807, 2.05) is 75.4 Å². The van der Waals surface area contributed by atoms with Crippen molar-refractivity contribution in [3.63, 3.8) is 0 Å². The molecule has 0 radical (unpaired) electrons. The van der Waals surface area contributed by atoms with E-state index in [0.29, 0.717) is 30.4 Å². The number of rotatable bonds is 6. The van der Waals surface area contributed by atoms with Crippen molar-refractivity contribution in [2.24, 2.45) is 0 Å². The van der Waals surface area contributed by atoms with Crippen molar-refractivity contribution >= 4 is 17.2 Å². The van der Waals surface area contributed by atoms with E-state index in [1.54, 1.807) is 24.3 Å². The predicted molar refractivity (Wildman–Crippen MR) is 126 cm³/mol. The minimum atomic E-state index is -0.512. The van der Waals surface area contributed by atoms with Gasteiger partial charge in [0.1, 0.15) is 23.5 Å². The maximum Gasteiger partial charge on any atom is 0.410 e. The van der Waals surface area contributed by atoms with Crippen LogP contribution in [0.25, 0.3) is 22.6 Å². The first kappa shape index (κ1) is 22.3. The normalized spacial score (nSPS) is 11.4. The van der Waals surface area contributed by atoms with Gasteiger partial charge >= 0.3 is 6.09 Å². The molecular weight excluding hydrogens is 418 g/mol. The highest BCUT2D eigenvalue weighted by Crippen LogP contribution is 2.27. The van der Waals surface area contributed by atoms with Gasteiger partial charge in [-0.2, -0.15) is 0 Å². The summed E-state index contributed by atoms with van der Waals surface area (Å²) in [5, 5.41) is 0. The van der Waals surface area contributed by atoms with E-state index in [9.17, 15) is 4.79 Å². The second-order valence-corrected chi connectivity index (χ2v) is 8.83. The third-order valence-electron chi connectivity index (χ3n) is 4.82. The fourth-order valence-electron chi connectivity index (χ4n) is 3.20. The molecule has 0 fully saturated rings. The monoisotopic (exact) mass is 445 g/mol. The van der Waals surface area contributed by atoms with Crippen molar-refractivity contribution in [2.75, 3.05) is 7.05 Å². The zero-order valence-corrected chi connectivity index (χ0v) is 19.2. The summed E-state index contributed by atoms with van der Waals surface area (Å²) >= 11 is 0. The van der Waals surface area contributed by atoms with Crippen molar-refractivity contribution in [1.82, 2.24) is 14.9 Å². The van der Waals surface area contributed by atoms with Gasteiger partial charge in [-0.25, -0.2) is 9.78 Å². The Bertz CT molecular complexity index is 1230. The Labute approximate surface area is 193 Å². The van der Waals surface area contributed by atoms with E-state index in [-0.39, 0.29) is 6.09 Å². The van der Waals surface area contributed by atoms with E-state index in [4.69, 9.17) is 13.9 Å². The molecule has 0 N–H and O–H groups in total. The molecule has 0 unspecified atom stereocenters. The van der Waals surface area contributed by atoms with Crippen LogP contribution in [-0.2, 0) is 17.9 Å². The average Bonchev–Trinajstić information content (AvgIpc) is 3.21. The van der Waals surface area contributed by atoms with E-state index >= 15 is 0 Å². The highest BCUT2D eigenvalue weighted by molar-refractivity contribution is 5.77. The van der Waals surface area contributed by atoms with Crippen LogP contribution in [0.3, 0.4) is 0 Å². The number of hydrogen-bond donors (Lipinski definition) is 0. The molecule has 1 amide bonds. The summed E-state index contributed by atoms with van der Waals surface area (Å²) in [6.45, 7) is 6.45. The van der Waals surface area contributed by atoms with Gasteiger partial charge in [-0.15, -0.1) is 0 Å². The molecule has 2 aromatic carbocycles. The van der Waals surface area contributed by atoms with Crippen LogP contribution >= 0.6 is 0 Å². The smallest absolute Gasteiger partial charge is 0.410 e. The molecule has 0 aliphatic rings. The number of hydrogen-bond acceptors (Lipinski definition) is 6. The first-order valence-electron chi connectivity index (χ1n) is 10.7. The third-order valence-corrected chi connectivity index (χ3v) is 4.82. The Kier molecular flexibility index (Phi) is 6.31. The molecule has 0 aliphatic carbocycles. The number of fused-ring (bicyclic) bond motifs is 1. The van der Waals surface area contributed by atoms with Crippen molar-refractivity contribution in [2.45, 2.75) is 39.5 Å². The minimum absolute atomic E-state index is 0.343. The molecule has 33 heavy (non-hydrogen) atoms. The zero-order chi connectivity index (χ0) is 23.4. The maximum atomic E-state index is 12.1. The van der Waals surface area contributed by atoms with Crippen molar-refractivity contribution in [1.29, 1.82) is 0 Å². The lowest BCUT2D eigenvalue weighted by Gasteiger charge is -2.24. The quantitative estimate of drug-likeness (QED) is 0.371. The summed E-state index contributed by atoms with van der Waals surface area (Å²) in [4.78, 5) is 22.3. The van der Waals surface area contributed by atoms with Gasteiger partial charge in [0.05, 0.1) is 5.56 Å². The molecule has 4 aromatic rings. The highest BCUT2D eigenvalue weighted by Gasteiger charge is 2.19. The molecule has 2 aromatic heterocycles. The lowest BCUT2D eigenvalue weighted by molar-refractivity contribution is 0.0285. The SMILES string of the molecule is CN(Cc1ccc(COc2ccc3oc(-c4cccnc4)nc3c2)cc1)C(=O)OC(C)(C)C. The number of carbonyl (C=O) groups is 1. The van der Waals surface area contributed by atoms with Gasteiger partial charge in [-0.05, 0) is 56.2 Å². The molecule has 0 aliphatic heterocycles. The van der Waals surface area contributed by atoms with Crippen LogP contribution in [0.2, 0.25) is 0 Å². The Hall–Kier alpha value is -3.87. The van der Waals surface area contributed by atoms with E-state index in [0.717, 1.165) is 22.2 Å². The summed E-state index contributed by atoms with van der Waals surface area (Å²) in [5.41, 5.74) is 3.77. The first-order chi connectivity index (χ1) is 15.8. The van der Waals surface area contributed by atoms with Crippen LogP contribution in [0.4, 0.5) is 4.79 Å². The Balaban J connectivity index is 1.35. The van der Waals surface area contributed by atoms with Crippen molar-refractivity contribution in [3.05, 3.63) is 78.1 Å². The number of pyridine rings is 1. The Morgan fingerprint density at radius 1 is 1.06 bits per heavy atom. The fraction of sp³-hybridized carbons (Fsp3) is 0.269. The van der Waals surface area contributed by atoms with Crippen LogP contribution in [-0.4, -0.2) is 33.6 Å². The molecular formula is C26H27N3O4. The first-order valence-corrected chi connectivity index (χ1v) is 10.7. The number of aromatic nitrogens is 2. The predicted octanol–water partition coefficient (Wildman–Crippen LogP) is 5.84. The molecule has 7 heteroatoms. The molecule has 0 bridgehead atoms. The van der Waals surface area contributed by atoms with E-state index in [1.165, 1.54) is 0 Å². The molecule has 170 valence electrons. The average molecular weight is 446 g/mol. The topological polar surface area (TPSA) is 77.7 Å². The van der Waals surface area contributed by atoms with Crippen LogP contribution in [0.5, 0.6) is 5.75 Å². The summed E-state index contributed by atoms with van der Waals surface area (Å²) in [6, 6.07) is 17.3. The van der Waals surface area contributed by atoms with Crippen molar-refractivity contribution < 1.29 is 18.7 Å². The Morgan fingerprint density at radius 2 is 1.82 bits per heavy atom. The molecule has 4 rings (SSSR count). The number of oxazole rings is 1. The highest BCUT2D eigenvalue weighted by atomic mass is 16.6. The van der Waals surface area contributed by atoms with Crippen molar-refractivity contribution in [3.8, 4) is 17.2 Å². The third kappa shape index (κ3) is 5.88. The van der Waals surface area contributed by atoms with Crippen LogP contribution in [0.15, 0.2) is 71.4 Å². The van der Waals surface area contributed by atoms with Crippen LogP contribution < -0.4 is 4.74 Å². The summed E-state index contributed by atoms with van der Waals surface area (Å²) < 4.78 is 17.2. The number of nitrogens with zero attached hydrogens (tertiary/aromatic N) is 3. The van der Waals surface area contributed by atoms with Gasteiger partial charge < -0.3 is 18.8 Å². The van der Waals surface area contributed by atoms with Gasteiger partial charge in [0.2, 0.25) is 5.89 Å². The Morgan fingerprint density at radius 3 is 2.52 bits per heavy atom. The van der Waals surface area contributed by atoms with Gasteiger partial charge in [-0.1, -0.05) is 24.3 Å². The largest absolute Gasteiger partial charge is 0.489 e. The fourth-order valence-corrected chi connectivity index (χ4v) is 3.20. The second kappa shape index (κ2) is 9.32. The van der Waals surface area contributed by atoms with Gasteiger partial charge in [-0.3, -0.25) is 4.98 Å². The van der Waals surface area contributed by atoms with Gasteiger partial charge in [0.15, 0.2) is 5.58 Å². The molecule has 7 nitrogen and oxygen atoms in total. The number of benzene rings is 2. The number of carbonyl (C=O) groups excluding carboxylic acids is 1. The summed E-state index contributed by atoms with van der Waals surface area (Å²) in [6.07, 6.45) is 3.09. The summed E-state index contributed by atoms with van der Waals surface area (Å²) in [7, 11) is 1.73. The summed E-state index contributed by atoms with van der Waals surface area (Å²) in [5.74, 6) is 1.24. The van der Waals surface area contributed by atoms with E-state index < -0.39 is 5.60 Å². The van der Waals surface area contributed by atoms with Crippen LogP contribution in [0.1, 0.15) is 31.9 Å². The van der Waals surface area contributed by atoms with Gasteiger partial charge in [0, 0.05) is 32.1 Å². The zero-order valence-electron chi connectivity index (χ0n) is 19.2. The lowest BCUT2D eigenvalue weighted by Crippen LogP contribution is -2.33. The second-order valence-electron chi connectivity index (χ2n) is 8.83. The molecule has 0 spiro atoms. The molecule has 0 saturated heterocycles. The minimum Gasteiger partial charge on any atom is -0.489 e. The van der Waals surface area contributed by atoms with E-state index in [2.05, 4.69) is 9.97 Å². The molecule has 0 saturated carbocycles. The molecule has 0 atom stereocenters. The molecule has 2 heterocycles. The van der Waals surface area contributed by atoms with Gasteiger partial charge in [0.25, 0.3) is 0 Å². The number of amides is 1. The number of ether oxygens (including phenoxy) is 2.